The molecule has 3 heterocycles. The van der Waals surface area contributed by atoms with Crippen LogP contribution in [0.25, 0.3) is 11.2 Å². The average molecular weight is 423 g/mol. The van der Waals surface area contributed by atoms with E-state index in [1.54, 1.807) is 41.8 Å². The second-order valence-corrected chi connectivity index (χ2v) is 6.89. The van der Waals surface area contributed by atoms with Crippen molar-refractivity contribution < 1.29 is 24.2 Å². The van der Waals surface area contributed by atoms with Crippen LogP contribution < -0.4 is 5.32 Å². The van der Waals surface area contributed by atoms with Gasteiger partial charge in [0, 0.05) is 18.1 Å². The Morgan fingerprint density at radius 3 is 2.84 bits per heavy atom. The number of aliphatic hydroxyl groups excluding tert-OH is 1. The highest BCUT2D eigenvalue weighted by molar-refractivity contribution is 6.06. The lowest BCUT2D eigenvalue weighted by molar-refractivity contribution is -0.147. The van der Waals surface area contributed by atoms with Crippen molar-refractivity contribution >= 4 is 28.9 Å². The van der Waals surface area contributed by atoms with Crippen molar-refractivity contribution in [3.63, 3.8) is 0 Å². The molecule has 0 unspecified atom stereocenters. The first kappa shape index (κ1) is 20.6. The lowest BCUT2D eigenvalue weighted by atomic mass is 10.2. The molecule has 0 spiro atoms. The molecule has 2 N–H and O–H groups in total. The number of ether oxygens (including phenoxy) is 2. The number of benzene rings is 1. The molecule has 3 atom stereocenters. The van der Waals surface area contributed by atoms with Gasteiger partial charge in [0.25, 0.3) is 5.91 Å². The smallest absolute Gasteiger partial charge is 0.330 e. The fourth-order valence-electron chi connectivity index (χ4n) is 3.41. The molecule has 3 aromatic rings. The first-order chi connectivity index (χ1) is 15.1. The van der Waals surface area contributed by atoms with E-state index in [4.69, 9.17) is 9.47 Å². The second-order valence-electron chi connectivity index (χ2n) is 6.89. The van der Waals surface area contributed by atoms with E-state index in [2.05, 4.69) is 20.3 Å². The van der Waals surface area contributed by atoms with Gasteiger partial charge in [-0.15, -0.1) is 0 Å². The fourth-order valence-corrected chi connectivity index (χ4v) is 3.41. The third-order valence-corrected chi connectivity index (χ3v) is 4.87. The topological polar surface area (TPSA) is 128 Å². The molecule has 1 aromatic carbocycles. The van der Waals surface area contributed by atoms with Crippen molar-refractivity contribution in [1.29, 1.82) is 0 Å². The number of hydrogen-bond donors (Lipinski definition) is 2. The summed E-state index contributed by atoms with van der Waals surface area (Å²) >= 11 is 0. The molecule has 10 heteroatoms. The quantitative estimate of drug-likeness (QED) is 0.454. The number of rotatable bonds is 6. The Morgan fingerprint density at radius 2 is 2.10 bits per heavy atom. The van der Waals surface area contributed by atoms with Crippen LogP contribution in [0, 0.1) is 0 Å². The third kappa shape index (κ3) is 4.30. The van der Waals surface area contributed by atoms with E-state index in [0.717, 1.165) is 0 Å². The zero-order chi connectivity index (χ0) is 21.8. The van der Waals surface area contributed by atoms with Crippen molar-refractivity contribution in [3.8, 4) is 0 Å². The van der Waals surface area contributed by atoms with E-state index in [1.165, 1.54) is 18.7 Å². The number of amides is 1. The summed E-state index contributed by atoms with van der Waals surface area (Å²) in [4.78, 5) is 37.0. The first-order valence-corrected chi connectivity index (χ1v) is 9.74. The second kappa shape index (κ2) is 9.02. The molecule has 160 valence electrons. The molecule has 0 saturated carbocycles. The van der Waals surface area contributed by atoms with Gasteiger partial charge in [0.2, 0.25) is 0 Å². The van der Waals surface area contributed by atoms with Gasteiger partial charge in [-0.1, -0.05) is 24.3 Å². The molecule has 1 amide bonds. The monoisotopic (exact) mass is 423 g/mol. The molecule has 2 aromatic heterocycles. The van der Waals surface area contributed by atoms with Crippen molar-refractivity contribution in [2.45, 2.75) is 31.8 Å². The lowest BCUT2D eigenvalue weighted by Crippen LogP contribution is -2.29. The molecular weight excluding hydrogens is 402 g/mol. The zero-order valence-corrected chi connectivity index (χ0v) is 16.7. The fraction of sp³-hybridized carbons (Fsp3) is 0.286. The number of aliphatic hydroxyl groups is 1. The van der Waals surface area contributed by atoms with Crippen LogP contribution in [0.5, 0.6) is 0 Å². The molecule has 0 aliphatic carbocycles. The summed E-state index contributed by atoms with van der Waals surface area (Å²) in [5.41, 5.74) is 1.33. The van der Waals surface area contributed by atoms with E-state index in [1.807, 2.05) is 6.07 Å². The number of fused-ring (bicyclic) bond motifs is 1. The summed E-state index contributed by atoms with van der Waals surface area (Å²) in [7, 11) is 0. The van der Waals surface area contributed by atoms with Gasteiger partial charge in [0.1, 0.15) is 24.8 Å². The molecule has 1 aliphatic heterocycles. The van der Waals surface area contributed by atoms with Crippen LogP contribution in [0.4, 0.5) is 5.82 Å². The number of allylic oxidation sites excluding steroid dienone is 1. The van der Waals surface area contributed by atoms with Gasteiger partial charge in [0.15, 0.2) is 17.0 Å². The summed E-state index contributed by atoms with van der Waals surface area (Å²) in [5.74, 6) is -0.548. The van der Waals surface area contributed by atoms with E-state index in [0.29, 0.717) is 23.1 Å². The Balaban J connectivity index is 1.56. The first-order valence-electron chi connectivity index (χ1n) is 9.74. The Kier molecular flexibility index (Phi) is 6.01. The van der Waals surface area contributed by atoms with Crippen molar-refractivity contribution in [2.75, 3.05) is 11.9 Å². The maximum absolute atomic E-state index is 12.5. The van der Waals surface area contributed by atoms with Crippen molar-refractivity contribution in [2.24, 2.45) is 0 Å². The SMILES string of the molecule is C/C=C/C(=O)O[C@H]1C[C@H](n2cnc3c(NC(=O)c4ccccc4)ncnc32)O[C@@H]1CO. The van der Waals surface area contributed by atoms with Gasteiger partial charge in [-0.2, -0.15) is 0 Å². The normalized spacial score (nSPS) is 20.9. The van der Waals surface area contributed by atoms with E-state index < -0.39 is 24.4 Å². The molecular formula is C21H21N5O5. The summed E-state index contributed by atoms with van der Waals surface area (Å²) in [5, 5.41) is 12.4. The van der Waals surface area contributed by atoms with Crippen LogP contribution in [0.3, 0.4) is 0 Å². The zero-order valence-electron chi connectivity index (χ0n) is 16.7. The molecule has 1 aliphatic rings. The average Bonchev–Trinajstić information content (AvgIpc) is 3.39. The number of nitrogens with one attached hydrogen (secondary N) is 1. The Hall–Kier alpha value is -3.63. The van der Waals surface area contributed by atoms with Crippen LogP contribution in [-0.2, 0) is 14.3 Å². The number of hydrogen-bond acceptors (Lipinski definition) is 8. The van der Waals surface area contributed by atoms with E-state index >= 15 is 0 Å². The lowest BCUT2D eigenvalue weighted by Gasteiger charge is -2.15. The number of esters is 1. The number of carbonyl (C=O) groups excluding carboxylic acids is 2. The molecule has 0 radical (unpaired) electrons. The van der Waals surface area contributed by atoms with Crippen LogP contribution in [0.2, 0.25) is 0 Å². The number of carbonyl (C=O) groups is 2. The summed E-state index contributed by atoms with van der Waals surface area (Å²) in [6, 6.07) is 8.76. The largest absolute Gasteiger partial charge is 0.456 e. The van der Waals surface area contributed by atoms with Crippen LogP contribution in [-0.4, -0.2) is 55.3 Å². The molecule has 0 bridgehead atoms. The number of imidazole rings is 1. The van der Waals surface area contributed by atoms with E-state index in [9.17, 15) is 14.7 Å². The molecule has 1 saturated heterocycles. The number of anilines is 1. The maximum atomic E-state index is 12.5. The minimum absolute atomic E-state index is 0.269. The summed E-state index contributed by atoms with van der Waals surface area (Å²) in [6.45, 7) is 1.41. The van der Waals surface area contributed by atoms with Crippen molar-refractivity contribution in [1.82, 2.24) is 19.5 Å². The molecule has 10 nitrogen and oxygen atoms in total. The number of aromatic nitrogens is 4. The highest BCUT2D eigenvalue weighted by atomic mass is 16.6. The van der Waals surface area contributed by atoms with Crippen LogP contribution in [0.15, 0.2) is 55.1 Å². The summed E-state index contributed by atoms with van der Waals surface area (Å²) in [6.07, 6.45) is 4.20. The Bertz CT molecular complexity index is 1110. The predicted octanol–water partition coefficient (Wildman–Crippen LogP) is 1.85. The van der Waals surface area contributed by atoms with Gasteiger partial charge in [-0.05, 0) is 19.1 Å². The van der Waals surface area contributed by atoms with Gasteiger partial charge in [0.05, 0.1) is 12.9 Å². The maximum Gasteiger partial charge on any atom is 0.330 e. The third-order valence-electron chi connectivity index (χ3n) is 4.87. The molecule has 1 fully saturated rings. The van der Waals surface area contributed by atoms with Gasteiger partial charge in [-0.25, -0.2) is 19.7 Å². The molecule has 31 heavy (non-hydrogen) atoms. The van der Waals surface area contributed by atoms with Gasteiger partial charge >= 0.3 is 5.97 Å². The minimum atomic E-state index is -0.671. The van der Waals surface area contributed by atoms with Crippen LogP contribution >= 0.6 is 0 Å². The highest BCUT2D eigenvalue weighted by Gasteiger charge is 2.39. The standard InChI is InChI=1S/C21H21N5O5/c1-2-6-17(28)31-14-9-16(30-15(14)10-27)26-12-24-18-19(22-11-23-20(18)26)25-21(29)13-7-4-3-5-8-13/h2-8,11-12,14-16,27H,9-10H2,1H3,(H,22,23,25,29)/b6-2+/t14-,15+,16+/m0/s1. The molecule has 4 rings (SSSR count). The van der Waals surface area contributed by atoms with Gasteiger partial charge < -0.3 is 19.9 Å². The predicted molar refractivity (Wildman–Crippen MR) is 110 cm³/mol. The highest BCUT2D eigenvalue weighted by Crippen LogP contribution is 2.33. The van der Waals surface area contributed by atoms with Crippen molar-refractivity contribution in [3.05, 3.63) is 60.7 Å². The van der Waals surface area contributed by atoms with E-state index in [-0.39, 0.29) is 18.3 Å². The number of nitrogens with zero attached hydrogens (tertiary/aromatic N) is 4. The minimum Gasteiger partial charge on any atom is -0.456 e. The van der Waals surface area contributed by atoms with Crippen LogP contribution in [0.1, 0.15) is 29.9 Å². The van der Waals surface area contributed by atoms with Gasteiger partial charge in [-0.3, -0.25) is 9.36 Å². The Morgan fingerprint density at radius 1 is 1.29 bits per heavy atom. The Labute approximate surface area is 177 Å². The summed E-state index contributed by atoms with van der Waals surface area (Å²) < 4.78 is 12.9.